The van der Waals surface area contributed by atoms with E-state index in [1.807, 2.05) is 12.1 Å². The smallest absolute Gasteiger partial charge is 0.276 e. The number of carbonyl (C=O) groups excluding carboxylic acids is 1. The Kier molecular flexibility index (Phi) is 3.94. The van der Waals surface area contributed by atoms with E-state index in [1.165, 1.54) is 19.5 Å². The summed E-state index contributed by atoms with van der Waals surface area (Å²) in [6.07, 6.45) is 2.27. The van der Waals surface area contributed by atoms with Gasteiger partial charge in [0.15, 0.2) is 11.4 Å². The van der Waals surface area contributed by atoms with Gasteiger partial charge in [-0.25, -0.2) is 4.98 Å². The SMILES string of the molecule is CN1CC(CCN2CCC2)Oc2ccc(Br)nc2C1=O. The van der Waals surface area contributed by atoms with Crippen LogP contribution < -0.4 is 4.74 Å². The largest absolute Gasteiger partial charge is 0.486 e. The maximum absolute atomic E-state index is 12.3. The van der Waals surface area contributed by atoms with Crippen molar-refractivity contribution in [1.29, 1.82) is 0 Å². The molecule has 1 aromatic heterocycles. The lowest BCUT2D eigenvalue weighted by Gasteiger charge is -2.32. The van der Waals surface area contributed by atoms with Crippen molar-refractivity contribution in [3.05, 3.63) is 22.4 Å². The molecule has 1 unspecified atom stereocenters. The Morgan fingerprint density at radius 1 is 1.45 bits per heavy atom. The van der Waals surface area contributed by atoms with Gasteiger partial charge in [0.25, 0.3) is 5.91 Å². The first-order valence-corrected chi connectivity index (χ1v) is 7.74. The standard InChI is InChI=1S/C14H18BrN3O2/c1-17-9-10(5-8-18-6-2-7-18)20-11-3-4-12(15)16-13(11)14(17)19/h3-4,10H,2,5-9H2,1H3. The minimum atomic E-state index is -0.0762. The number of likely N-dealkylation sites (tertiary alicyclic amines) is 1. The van der Waals surface area contributed by atoms with E-state index in [4.69, 9.17) is 4.74 Å². The number of pyridine rings is 1. The number of carbonyl (C=O) groups is 1. The lowest BCUT2D eigenvalue weighted by atomic mass is 10.1. The molecule has 0 bridgehead atoms. The van der Waals surface area contributed by atoms with Crippen LogP contribution in [0.1, 0.15) is 23.3 Å². The van der Waals surface area contributed by atoms with Crippen molar-refractivity contribution in [2.45, 2.75) is 18.9 Å². The van der Waals surface area contributed by atoms with Crippen molar-refractivity contribution >= 4 is 21.8 Å². The molecule has 0 N–H and O–H groups in total. The van der Waals surface area contributed by atoms with E-state index in [9.17, 15) is 4.79 Å². The zero-order chi connectivity index (χ0) is 14.1. The number of fused-ring (bicyclic) bond motifs is 1. The first kappa shape index (κ1) is 13.8. The van der Waals surface area contributed by atoms with Gasteiger partial charge in [-0.15, -0.1) is 0 Å². The Hall–Kier alpha value is -1.14. The van der Waals surface area contributed by atoms with Gasteiger partial charge in [-0.05, 0) is 54.0 Å². The van der Waals surface area contributed by atoms with Crippen molar-refractivity contribution in [3.8, 4) is 5.75 Å². The fraction of sp³-hybridized carbons (Fsp3) is 0.571. The van der Waals surface area contributed by atoms with Crippen LogP contribution in [0.4, 0.5) is 0 Å². The minimum absolute atomic E-state index is 0.0359. The van der Waals surface area contributed by atoms with Crippen LogP contribution >= 0.6 is 15.9 Å². The normalized spacial score (nSPS) is 22.8. The van der Waals surface area contributed by atoms with E-state index < -0.39 is 0 Å². The molecule has 0 saturated carbocycles. The van der Waals surface area contributed by atoms with Crippen LogP contribution in [0.15, 0.2) is 16.7 Å². The second-order valence-electron chi connectivity index (χ2n) is 5.39. The highest BCUT2D eigenvalue weighted by Gasteiger charge is 2.28. The molecule has 2 aliphatic rings. The molecule has 0 radical (unpaired) electrons. The molecule has 1 amide bonds. The number of amides is 1. The van der Waals surface area contributed by atoms with E-state index in [1.54, 1.807) is 11.9 Å². The summed E-state index contributed by atoms with van der Waals surface area (Å²) in [5, 5.41) is 0. The van der Waals surface area contributed by atoms with Gasteiger partial charge >= 0.3 is 0 Å². The van der Waals surface area contributed by atoms with Gasteiger partial charge in [-0.3, -0.25) is 4.79 Å². The number of rotatable bonds is 3. The maximum Gasteiger partial charge on any atom is 0.276 e. The molecule has 108 valence electrons. The van der Waals surface area contributed by atoms with E-state index >= 15 is 0 Å². The Morgan fingerprint density at radius 2 is 2.25 bits per heavy atom. The summed E-state index contributed by atoms with van der Waals surface area (Å²) < 4.78 is 6.65. The second kappa shape index (κ2) is 5.69. The molecule has 1 saturated heterocycles. The Bertz CT molecular complexity index is 519. The maximum atomic E-state index is 12.3. The molecular formula is C14H18BrN3O2. The molecule has 3 heterocycles. The van der Waals surface area contributed by atoms with E-state index in [-0.39, 0.29) is 12.0 Å². The van der Waals surface area contributed by atoms with Crippen LogP contribution in [0.3, 0.4) is 0 Å². The average Bonchev–Trinajstić information content (AvgIpc) is 2.47. The fourth-order valence-corrected chi connectivity index (χ4v) is 2.85. The Balaban J connectivity index is 1.75. The van der Waals surface area contributed by atoms with Crippen molar-refractivity contribution < 1.29 is 9.53 Å². The van der Waals surface area contributed by atoms with Crippen LogP contribution in [0.25, 0.3) is 0 Å². The van der Waals surface area contributed by atoms with Gasteiger partial charge in [0.2, 0.25) is 0 Å². The second-order valence-corrected chi connectivity index (χ2v) is 6.20. The molecule has 1 aromatic rings. The highest BCUT2D eigenvalue weighted by atomic mass is 79.9. The summed E-state index contributed by atoms with van der Waals surface area (Å²) in [5.74, 6) is 0.518. The van der Waals surface area contributed by atoms with Gasteiger partial charge in [0, 0.05) is 13.6 Å². The Morgan fingerprint density at radius 3 is 2.95 bits per heavy atom. The zero-order valence-corrected chi connectivity index (χ0v) is 13.1. The van der Waals surface area contributed by atoms with Crippen molar-refractivity contribution in [3.63, 3.8) is 0 Å². The predicted molar refractivity (Wildman–Crippen MR) is 79.0 cm³/mol. The van der Waals surface area contributed by atoms with Crippen LogP contribution in [-0.4, -0.2) is 60.0 Å². The van der Waals surface area contributed by atoms with Gasteiger partial charge in [0.1, 0.15) is 10.7 Å². The zero-order valence-electron chi connectivity index (χ0n) is 11.5. The molecule has 0 aromatic carbocycles. The van der Waals surface area contributed by atoms with Crippen LogP contribution in [-0.2, 0) is 0 Å². The summed E-state index contributed by atoms with van der Waals surface area (Å²) in [7, 11) is 1.81. The third kappa shape index (κ3) is 2.81. The van der Waals surface area contributed by atoms with Crippen molar-refractivity contribution in [1.82, 2.24) is 14.8 Å². The quantitative estimate of drug-likeness (QED) is 0.787. The summed E-state index contributed by atoms with van der Waals surface area (Å²) in [4.78, 5) is 20.7. The molecule has 20 heavy (non-hydrogen) atoms. The third-order valence-electron chi connectivity index (χ3n) is 3.86. The molecule has 0 spiro atoms. The molecular weight excluding hydrogens is 322 g/mol. The first-order valence-electron chi connectivity index (χ1n) is 6.94. The lowest BCUT2D eigenvalue weighted by Crippen LogP contribution is -2.41. The number of ether oxygens (including phenoxy) is 1. The predicted octanol–water partition coefficient (Wildman–Crippen LogP) is 1.77. The van der Waals surface area contributed by atoms with E-state index in [0.717, 1.165) is 13.0 Å². The van der Waals surface area contributed by atoms with E-state index in [2.05, 4.69) is 25.8 Å². The number of hydrogen-bond donors (Lipinski definition) is 0. The number of likely N-dealkylation sites (N-methyl/N-ethyl adjacent to an activating group) is 1. The molecule has 2 aliphatic heterocycles. The van der Waals surface area contributed by atoms with Crippen molar-refractivity contribution in [2.24, 2.45) is 0 Å². The molecule has 6 heteroatoms. The van der Waals surface area contributed by atoms with Gasteiger partial charge in [-0.2, -0.15) is 0 Å². The van der Waals surface area contributed by atoms with Crippen LogP contribution in [0.2, 0.25) is 0 Å². The summed E-state index contributed by atoms with van der Waals surface area (Å²) in [6, 6.07) is 3.63. The minimum Gasteiger partial charge on any atom is -0.486 e. The topological polar surface area (TPSA) is 45.7 Å². The van der Waals surface area contributed by atoms with Crippen LogP contribution in [0, 0.1) is 0 Å². The lowest BCUT2D eigenvalue weighted by molar-refractivity contribution is 0.0729. The van der Waals surface area contributed by atoms with Gasteiger partial charge in [-0.1, -0.05) is 0 Å². The van der Waals surface area contributed by atoms with E-state index in [0.29, 0.717) is 22.6 Å². The highest BCUT2D eigenvalue weighted by Crippen LogP contribution is 2.26. The Labute approximate surface area is 127 Å². The molecule has 1 atom stereocenters. The fourth-order valence-electron chi connectivity index (χ4n) is 2.54. The van der Waals surface area contributed by atoms with Gasteiger partial charge < -0.3 is 14.5 Å². The number of nitrogens with zero attached hydrogens (tertiary/aromatic N) is 3. The monoisotopic (exact) mass is 339 g/mol. The summed E-state index contributed by atoms with van der Waals surface area (Å²) >= 11 is 3.30. The number of aromatic nitrogens is 1. The number of halogens is 1. The molecule has 5 nitrogen and oxygen atoms in total. The third-order valence-corrected chi connectivity index (χ3v) is 4.30. The highest BCUT2D eigenvalue weighted by molar-refractivity contribution is 9.10. The van der Waals surface area contributed by atoms with Crippen molar-refractivity contribution in [2.75, 3.05) is 33.2 Å². The molecule has 1 fully saturated rings. The first-order chi connectivity index (χ1) is 9.63. The average molecular weight is 340 g/mol. The summed E-state index contributed by atoms with van der Waals surface area (Å²) in [6.45, 7) is 4.02. The summed E-state index contributed by atoms with van der Waals surface area (Å²) in [5.41, 5.74) is 0.397. The molecule has 3 rings (SSSR count). The van der Waals surface area contributed by atoms with Gasteiger partial charge in [0.05, 0.1) is 6.54 Å². The number of hydrogen-bond acceptors (Lipinski definition) is 4. The van der Waals surface area contributed by atoms with Crippen LogP contribution in [0.5, 0.6) is 5.75 Å². The molecule has 0 aliphatic carbocycles.